The molecule has 0 saturated carbocycles. The van der Waals surface area contributed by atoms with Gasteiger partial charge in [-0.25, -0.2) is 0 Å². The summed E-state index contributed by atoms with van der Waals surface area (Å²) in [7, 11) is 0. The van der Waals surface area contributed by atoms with Crippen LogP contribution in [-0.2, 0) is 11.2 Å². The molecule has 1 heterocycles. The van der Waals surface area contributed by atoms with Gasteiger partial charge in [0.25, 0.3) is 0 Å². The monoisotopic (exact) mass is 294 g/mol. The molecule has 1 saturated heterocycles. The van der Waals surface area contributed by atoms with Gasteiger partial charge in [0, 0.05) is 0 Å². The maximum atomic E-state index is 9.58. The summed E-state index contributed by atoms with van der Waals surface area (Å²) in [5.74, 6) is 0.452. The molecule has 0 bridgehead atoms. The molecule has 0 aromatic heterocycles. The van der Waals surface area contributed by atoms with Crippen LogP contribution in [0.25, 0.3) is 0 Å². The Hall–Kier alpha value is -1.06. The van der Waals surface area contributed by atoms with E-state index in [4.69, 9.17) is 5.11 Å². The molecule has 0 amide bonds. The Morgan fingerprint density at radius 1 is 1.05 bits per heavy atom. The lowest BCUT2D eigenvalue weighted by Crippen LogP contribution is -1.88. The molecule has 1 unspecified atom stereocenters. The Bertz CT molecular complexity index is 361. The highest BCUT2D eigenvalue weighted by molar-refractivity contribution is 5.31. The molecule has 3 heteroatoms. The fraction of sp³-hybridized carbons (Fsp3) is 0.667. The van der Waals surface area contributed by atoms with Gasteiger partial charge in [-0.2, -0.15) is 0 Å². The average molecular weight is 294 g/mol. The second kappa shape index (κ2) is 11.6. The highest BCUT2D eigenvalue weighted by atomic mass is 16.6. The van der Waals surface area contributed by atoms with Crippen LogP contribution in [0, 0.1) is 0 Å². The summed E-state index contributed by atoms with van der Waals surface area (Å²) in [6, 6.07) is 7.67. The van der Waals surface area contributed by atoms with E-state index in [0.29, 0.717) is 5.75 Å². The lowest BCUT2D eigenvalue weighted by molar-refractivity contribution is 0.244. The van der Waals surface area contributed by atoms with Gasteiger partial charge in [0.1, 0.15) is 11.9 Å². The molecule has 120 valence electrons. The minimum Gasteiger partial charge on any atom is -0.508 e. The number of ether oxygens (including phenoxy) is 1. The molecule has 1 fully saturated rings. The number of phenolic OH excluding ortho intramolecular Hbond substituents is 1. The number of hydrogen-bond donors (Lipinski definition) is 2. The number of para-hydroxylation sites is 1. The maximum Gasteiger partial charge on any atom is 0.118 e. The van der Waals surface area contributed by atoms with Gasteiger partial charge < -0.3 is 14.9 Å². The highest BCUT2D eigenvalue weighted by Crippen LogP contribution is 2.18. The van der Waals surface area contributed by atoms with Gasteiger partial charge in [-0.3, -0.25) is 0 Å². The lowest BCUT2D eigenvalue weighted by atomic mass is 10.0. The van der Waals surface area contributed by atoms with Crippen molar-refractivity contribution in [3.05, 3.63) is 29.8 Å². The summed E-state index contributed by atoms with van der Waals surface area (Å²) < 4.78 is 4.61. The van der Waals surface area contributed by atoms with E-state index in [2.05, 4.69) is 11.7 Å². The van der Waals surface area contributed by atoms with E-state index in [1.165, 1.54) is 44.9 Å². The van der Waals surface area contributed by atoms with Crippen LogP contribution in [0.1, 0.15) is 57.4 Å². The fourth-order valence-corrected chi connectivity index (χ4v) is 2.17. The lowest BCUT2D eigenvalue weighted by Gasteiger charge is -2.04. The largest absolute Gasteiger partial charge is 0.508 e. The Morgan fingerprint density at radius 2 is 1.67 bits per heavy atom. The summed E-state index contributed by atoms with van der Waals surface area (Å²) in [6.45, 7) is 3.20. The molecule has 21 heavy (non-hydrogen) atoms. The molecule has 0 radical (unpaired) electrons. The van der Waals surface area contributed by atoms with Crippen molar-refractivity contribution in [3.8, 4) is 5.75 Å². The van der Waals surface area contributed by atoms with E-state index in [0.717, 1.165) is 18.6 Å². The number of rotatable bonds is 9. The maximum absolute atomic E-state index is 9.58. The van der Waals surface area contributed by atoms with Gasteiger partial charge >= 0.3 is 0 Å². The van der Waals surface area contributed by atoms with Crippen molar-refractivity contribution in [1.82, 2.24) is 0 Å². The topological polar surface area (TPSA) is 53.0 Å². The zero-order valence-corrected chi connectivity index (χ0v) is 13.3. The molecular weight excluding hydrogens is 264 g/mol. The van der Waals surface area contributed by atoms with E-state index in [1.807, 2.05) is 18.2 Å². The Labute approximate surface area is 129 Å². The third-order valence-corrected chi connectivity index (χ3v) is 3.65. The van der Waals surface area contributed by atoms with Crippen molar-refractivity contribution in [3.63, 3.8) is 0 Å². The molecule has 1 aromatic rings. The van der Waals surface area contributed by atoms with Crippen LogP contribution in [0.4, 0.5) is 0 Å². The zero-order chi connectivity index (χ0) is 15.3. The Morgan fingerprint density at radius 3 is 2.19 bits per heavy atom. The second-order valence-electron chi connectivity index (χ2n) is 5.64. The number of benzene rings is 1. The van der Waals surface area contributed by atoms with Gasteiger partial charge in [0.2, 0.25) is 0 Å². The summed E-state index contributed by atoms with van der Waals surface area (Å²) in [5, 5.41) is 17.7. The smallest absolute Gasteiger partial charge is 0.118 e. The quantitative estimate of drug-likeness (QED) is 0.533. The molecule has 3 nitrogen and oxygen atoms in total. The SMILES string of the molecule is CCCCCCCCCc1ccccc1O.OCC1CO1. The Balaban J connectivity index is 0.000000369. The summed E-state index contributed by atoms with van der Waals surface area (Å²) >= 11 is 0. The van der Waals surface area contributed by atoms with Crippen molar-refractivity contribution in [2.45, 2.75) is 64.4 Å². The number of hydrogen-bond acceptors (Lipinski definition) is 3. The molecule has 2 rings (SSSR count). The molecular formula is C18H30O3. The molecule has 0 spiro atoms. The first-order valence-corrected chi connectivity index (χ1v) is 8.27. The third-order valence-electron chi connectivity index (χ3n) is 3.65. The van der Waals surface area contributed by atoms with E-state index in [1.54, 1.807) is 6.07 Å². The second-order valence-corrected chi connectivity index (χ2v) is 5.64. The van der Waals surface area contributed by atoms with Gasteiger partial charge in [0.05, 0.1) is 13.2 Å². The summed E-state index contributed by atoms with van der Waals surface area (Å²) in [4.78, 5) is 0. The first-order chi connectivity index (χ1) is 10.3. The first-order valence-electron chi connectivity index (χ1n) is 8.27. The van der Waals surface area contributed by atoms with Crippen molar-refractivity contribution in [2.24, 2.45) is 0 Å². The van der Waals surface area contributed by atoms with Gasteiger partial charge in [0.15, 0.2) is 0 Å². The number of aryl methyl sites for hydroxylation is 1. The van der Waals surface area contributed by atoms with Crippen LogP contribution < -0.4 is 0 Å². The number of unbranched alkanes of at least 4 members (excludes halogenated alkanes) is 6. The van der Waals surface area contributed by atoms with Crippen molar-refractivity contribution < 1.29 is 14.9 Å². The van der Waals surface area contributed by atoms with Gasteiger partial charge in [-0.1, -0.05) is 63.6 Å². The van der Waals surface area contributed by atoms with Crippen LogP contribution in [0.5, 0.6) is 5.75 Å². The van der Waals surface area contributed by atoms with Crippen LogP contribution in [-0.4, -0.2) is 29.5 Å². The third kappa shape index (κ3) is 9.48. The molecule has 1 aromatic carbocycles. The number of aliphatic hydroxyl groups excluding tert-OH is 1. The summed E-state index contributed by atoms with van der Waals surface area (Å²) in [5.41, 5.74) is 1.09. The Kier molecular flexibility index (Phi) is 9.92. The average Bonchev–Trinajstić information content (AvgIpc) is 3.33. The van der Waals surface area contributed by atoms with Crippen molar-refractivity contribution >= 4 is 0 Å². The van der Waals surface area contributed by atoms with Gasteiger partial charge in [-0.15, -0.1) is 0 Å². The molecule has 2 N–H and O–H groups in total. The van der Waals surface area contributed by atoms with Crippen LogP contribution in [0.15, 0.2) is 24.3 Å². The van der Waals surface area contributed by atoms with E-state index >= 15 is 0 Å². The van der Waals surface area contributed by atoms with E-state index in [9.17, 15) is 5.11 Å². The van der Waals surface area contributed by atoms with Gasteiger partial charge in [-0.05, 0) is 24.5 Å². The number of epoxide rings is 1. The van der Waals surface area contributed by atoms with E-state index < -0.39 is 0 Å². The predicted octanol–water partition coefficient (Wildman–Crippen LogP) is 4.06. The minimum atomic E-state index is 0.190. The van der Waals surface area contributed by atoms with E-state index in [-0.39, 0.29) is 12.7 Å². The van der Waals surface area contributed by atoms with Crippen LogP contribution in [0.2, 0.25) is 0 Å². The standard InChI is InChI=1S/C15H24O.C3H6O2/c1-2-3-4-5-6-7-8-11-14-12-9-10-13-15(14)16;4-1-3-2-5-3/h9-10,12-13,16H,2-8,11H2,1H3;3-4H,1-2H2. The van der Waals surface area contributed by atoms with Crippen LogP contribution >= 0.6 is 0 Å². The first kappa shape index (κ1) is 18.0. The zero-order valence-electron chi connectivity index (χ0n) is 13.3. The summed E-state index contributed by atoms with van der Waals surface area (Å²) in [6.07, 6.45) is 10.5. The van der Waals surface area contributed by atoms with Crippen LogP contribution in [0.3, 0.4) is 0 Å². The highest BCUT2D eigenvalue weighted by Gasteiger charge is 2.19. The minimum absolute atomic E-state index is 0.190. The normalized spacial score (nSPS) is 16.2. The predicted molar refractivity (Wildman–Crippen MR) is 86.6 cm³/mol. The number of phenols is 1. The molecule has 1 aliphatic heterocycles. The number of aliphatic hydroxyl groups is 1. The van der Waals surface area contributed by atoms with Crippen molar-refractivity contribution in [1.29, 1.82) is 0 Å². The molecule has 0 aliphatic carbocycles. The fourth-order valence-electron chi connectivity index (χ4n) is 2.17. The molecule has 1 aliphatic rings. The van der Waals surface area contributed by atoms with Crippen molar-refractivity contribution in [2.75, 3.05) is 13.2 Å². The molecule has 1 atom stereocenters. The number of aromatic hydroxyl groups is 1.